The van der Waals surface area contributed by atoms with Crippen molar-refractivity contribution in [3.05, 3.63) is 35.9 Å². The predicted molar refractivity (Wildman–Crippen MR) is 66.8 cm³/mol. The normalized spacial score (nSPS) is 30.6. The molecule has 100 valence electrons. The third-order valence-electron chi connectivity index (χ3n) is 3.45. The zero-order valence-corrected chi connectivity index (χ0v) is 10.7. The lowest BCUT2D eigenvalue weighted by molar-refractivity contribution is -0.138. The molecule has 0 unspecified atom stereocenters. The van der Waals surface area contributed by atoms with Gasteiger partial charge in [-0.05, 0) is 5.56 Å². The first-order chi connectivity index (χ1) is 8.51. The van der Waals surface area contributed by atoms with Crippen molar-refractivity contribution in [2.45, 2.75) is 39.0 Å². The molecule has 0 bridgehead atoms. The fourth-order valence-electron chi connectivity index (χ4n) is 2.04. The highest BCUT2D eigenvalue weighted by Gasteiger charge is 2.49. The third-order valence-corrected chi connectivity index (χ3v) is 3.45. The van der Waals surface area contributed by atoms with E-state index in [1.165, 1.54) is 0 Å². The summed E-state index contributed by atoms with van der Waals surface area (Å²) >= 11 is 0. The number of aliphatic hydroxyl groups excluding tert-OH is 2. The van der Waals surface area contributed by atoms with Crippen LogP contribution in [0, 0.1) is 5.41 Å². The molecule has 0 amide bonds. The number of hydrogen-bond donors (Lipinski definition) is 2. The molecule has 0 saturated carbocycles. The number of rotatable bonds is 4. The summed E-state index contributed by atoms with van der Waals surface area (Å²) in [4.78, 5) is 0. The van der Waals surface area contributed by atoms with E-state index >= 15 is 0 Å². The van der Waals surface area contributed by atoms with Crippen molar-refractivity contribution in [2.75, 3.05) is 6.61 Å². The van der Waals surface area contributed by atoms with Gasteiger partial charge in [-0.1, -0.05) is 44.2 Å². The fraction of sp³-hybridized carbons (Fsp3) is 0.571. The van der Waals surface area contributed by atoms with Crippen LogP contribution in [0.25, 0.3) is 0 Å². The van der Waals surface area contributed by atoms with Crippen molar-refractivity contribution < 1.29 is 19.7 Å². The largest absolute Gasteiger partial charge is 0.390 e. The molecular formula is C14H20O4. The van der Waals surface area contributed by atoms with E-state index in [0.29, 0.717) is 6.61 Å². The molecule has 1 aromatic rings. The third kappa shape index (κ3) is 2.72. The van der Waals surface area contributed by atoms with E-state index in [2.05, 4.69) is 0 Å². The molecule has 1 fully saturated rings. The first-order valence-corrected chi connectivity index (χ1v) is 6.15. The Bertz CT molecular complexity index is 377. The highest BCUT2D eigenvalue weighted by molar-refractivity contribution is 5.13. The van der Waals surface area contributed by atoms with Crippen LogP contribution in [0.15, 0.2) is 30.3 Å². The number of ether oxygens (including phenoxy) is 2. The van der Waals surface area contributed by atoms with Gasteiger partial charge >= 0.3 is 0 Å². The molecule has 1 aliphatic heterocycles. The number of benzene rings is 1. The molecule has 1 aromatic carbocycles. The first kappa shape index (κ1) is 13.5. The maximum atomic E-state index is 10.0. The average molecular weight is 252 g/mol. The van der Waals surface area contributed by atoms with Crippen molar-refractivity contribution in [3.63, 3.8) is 0 Å². The van der Waals surface area contributed by atoms with Gasteiger partial charge < -0.3 is 19.7 Å². The van der Waals surface area contributed by atoms with Crippen molar-refractivity contribution in [1.82, 2.24) is 0 Å². The maximum absolute atomic E-state index is 10.0. The van der Waals surface area contributed by atoms with Crippen LogP contribution < -0.4 is 0 Å². The predicted octanol–water partition coefficient (Wildman–Crippen LogP) is 1.31. The van der Waals surface area contributed by atoms with Gasteiger partial charge in [0.25, 0.3) is 0 Å². The Kier molecular flexibility index (Phi) is 4.02. The molecule has 1 aliphatic rings. The standard InChI is InChI=1S/C14H20O4/c1-14(2)12(15)11(18-13(14)16)9-17-8-10-6-4-3-5-7-10/h3-7,11-13,15-16H,8-9H2,1-2H3/t11-,12-,13+/m1/s1. The van der Waals surface area contributed by atoms with Crippen molar-refractivity contribution in [3.8, 4) is 0 Å². The summed E-state index contributed by atoms with van der Waals surface area (Å²) in [6, 6.07) is 9.81. The molecule has 1 heterocycles. The second-order valence-corrected chi connectivity index (χ2v) is 5.29. The van der Waals surface area contributed by atoms with Gasteiger partial charge in [-0.15, -0.1) is 0 Å². The molecule has 18 heavy (non-hydrogen) atoms. The van der Waals surface area contributed by atoms with Gasteiger partial charge in [-0.3, -0.25) is 0 Å². The molecular weight excluding hydrogens is 232 g/mol. The molecule has 1 saturated heterocycles. The minimum atomic E-state index is -0.946. The second-order valence-electron chi connectivity index (χ2n) is 5.29. The number of hydrogen-bond acceptors (Lipinski definition) is 4. The van der Waals surface area contributed by atoms with E-state index < -0.39 is 23.9 Å². The minimum absolute atomic E-state index is 0.274. The zero-order chi connectivity index (χ0) is 13.2. The van der Waals surface area contributed by atoms with Gasteiger partial charge in [0.15, 0.2) is 6.29 Å². The molecule has 0 aromatic heterocycles. The summed E-state index contributed by atoms with van der Waals surface area (Å²) in [6.45, 7) is 4.31. The topological polar surface area (TPSA) is 58.9 Å². The van der Waals surface area contributed by atoms with E-state index in [0.717, 1.165) is 5.56 Å². The molecule has 4 nitrogen and oxygen atoms in total. The van der Waals surface area contributed by atoms with Crippen LogP contribution in [0.5, 0.6) is 0 Å². The van der Waals surface area contributed by atoms with Crippen LogP contribution in [-0.4, -0.2) is 35.3 Å². The quantitative estimate of drug-likeness (QED) is 0.848. The zero-order valence-electron chi connectivity index (χ0n) is 10.7. The summed E-state index contributed by atoms with van der Waals surface area (Å²) in [5.74, 6) is 0. The Hall–Kier alpha value is -0.940. The van der Waals surface area contributed by atoms with Gasteiger partial charge in [0, 0.05) is 5.41 Å². The summed E-state index contributed by atoms with van der Waals surface area (Å²) in [7, 11) is 0. The lowest BCUT2D eigenvalue weighted by Crippen LogP contribution is -2.37. The second kappa shape index (κ2) is 5.36. The molecule has 4 heteroatoms. The SMILES string of the molecule is CC1(C)[C@H](O)[C@@H](COCc2ccccc2)O[C@@H]1O. The Morgan fingerprint density at radius 1 is 1.22 bits per heavy atom. The fourth-order valence-corrected chi connectivity index (χ4v) is 2.04. The van der Waals surface area contributed by atoms with Crippen LogP contribution in [0.2, 0.25) is 0 Å². The van der Waals surface area contributed by atoms with Crippen molar-refractivity contribution in [2.24, 2.45) is 5.41 Å². The van der Waals surface area contributed by atoms with Crippen LogP contribution in [0.4, 0.5) is 0 Å². The maximum Gasteiger partial charge on any atom is 0.162 e. The van der Waals surface area contributed by atoms with Crippen LogP contribution >= 0.6 is 0 Å². The monoisotopic (exact) mass is 252 g/mol. The summed E-state index contributed by atoms with van der Waals surface area (Å²) in [5, 5.41) is 19.7. The molecule has 3 atom stereocenters. The van der Waals surface area contributed by atoms with Crippen LogP contribution in [0.3, 0.4) is 0 Å². The first-order valence-electron chi connectivity index (χ1n) is 6.15. The molecule has 0 aliphatic carbocycles. The lowest BCUT2D eigenvalue weighted by atomic mass is 9.86. The van der Waals surface area contributed by atoms with Gasteiger partial charge in [-0.2, -0.15) is 0 Å². The highest BCUT2D eigenvalue weighted by Crippen LogP contribution is 2.36. The molecule has 0 spiro atoms. The molecule has 2 N–H and O–H groups in total. The van der Waals surface area contributed by atoms with Gasteiger partial charge in [-0.25, -0.2) is 0 Å². The van der Waals surface area contributed by atoms with Crippen molar-refractivity contribution >= 4 is 0 Å². The number of aliphatic hydroxyl groups is 2. The van der Waals surface area contributed by atoms with Gasteiger partial charge in [0.05, 0.1) is 19.3 Å². The van der Waals surface area contributed by atoms with Crippen molar-refractivity contribution in [1.29, 1.82) is 0 Å². The molecule has 0 radical (unpaired) electrons. The molecule has 2 rings (SSSR count). The summed E-state index contributed by atoms with van der Waals surface area (Å²) < 4.78 is 10.8. The highest BCUT2D eigenvalue weighted by atomic mass is 16.6. The smallest absolute Gasteiger partial charge is 0.162 e. The van der Waals surface area contributed by atoms with E-state index in [4.69, 9.17) is 9.47 Å². The van der Waals surface area contributed by atoms with Gasteiger partial charge in [0.2, 0.25) is 0 Å². The summed E-state index contributed by atoms with van der Waals surface area (Å²) in [5.41, 5.74) is 0.422. The Morgan fingerprint density at radius 3 is 2.44 bits per heavy atom. The Labute approximate surface area is 107 Å². The Morgan fingerprint density at radius 2 is 1.89 bits per heavy atom. The minimum Gasteiger partial charge on any atom is -0.390 e. The van der Waals surface area contributed by atoms with E-state index in [-0.39, 0.29) is 6.61 Å². The van der Waals surface area contributed by atoms with E-state index in [1.807, 2.05) is 30.3 Å². The van der Waals surface area contributed by atoms with E-state index in [9.17, 15) is 10.2 Å². The Balaban J connectivity index is 1.82. The van der Waals surface area contributed by atoms with Crippen LogP contribution in [0.1, 0.15) is 19.4 Å². The van der Waals surface area contributed by atoms with E-state index in [1.54, 1.807) is 13.8 Å². The van der Waals surface area contributed by atoms with Gasteiger partial charge in [0.1, 0.15) is 6.10 Å². The van der Waals surface area contributed by atoms with Crippen LogP contribution in [-0.2, 0) is 16.1 Å². The summed E-state index contributed by atoms with van der Waals surface area (Å²) in [6.07, 6.45) is -2.14. The average Bonchev–Trinajstić information content (AvgIpc) is 2.55. The lowest BCUT2D eigenvalue weighted by Gasteiger charge is -2.24.